The van der Waals surface area contributed by atoms with Crippen molar-refractivity contribution >= 4 is 34.9 Å². The lowest BCUT2D eigenvalue weighted by Gasteiger charge is -2.32. The van der Waals surface area contributed by atoms with Crippen molar-refractivity contribution in [2.24, 2.45) is 0 Å². The third-order valence-electron chi connectivity index (χ3n) is 5.73. The minimum Gasteiger partial charge on any atom is -0.349 e. The lowest BCUT2D eigenvalue weighted by Crippen LogP contribution is -2.47. The minimum absolute atomic E-state index is 0.0279. The number of carbonyl (C=O) groups is 2. The quantitative estimate of drug-likeness (QED) is 0.571. The first-order valence-corrected chi connectivity index (χ1v) is 12.3. The first-order valence-electron chi connectivity index (χ1n) is 10.4. The van der Waals surface area contributed by atoms with E-state index in [9.17, 15) is 9.59 Å². The average Bonchev–Trinajstić information content (AvgIpc) is 3.47. The second kappa shape index (κ2) is 9.70. The molecule has 1 N–H and O–H groups in total. The number of thioether (sulfide) groups is 1. The first kappa shape index (κ1) is 21.6. The number of likely N-dealkylation sites (tertiary alicyclic amines) is 1. The van der Waals surface area contributed by atoms with Crippen molar-refractivity contribution in [1.82, 2.24) is 19.8 Å². The zero-order valence-electron chi connectivity index (χ0n) is 17.7. The molecule has 1 aliphatic rings. The van der Waals surface area contributed by atoms with Gasteiger partial charge in [0.25, 0.3) is 5.91 Å². The van der Waals surface area contributed by atoms with E-state index >= 15 is 0 Å². The van der Waals surface area contributed by atoms with Gasteiger partial charge in [-0.05, 0) is 55.3 Å². The highest BCUT2D eigenvalue weighted by Crippen LogP contribution is 2.25. The van der Waals surface area contributed by atoms with Crippen molar-refractivity contribution in [2.75, 3.05) is 18.8 Å². The number of imidazole rings is 1. The van der Waals surface area contributed by atoms with E-state index in [1.54, 1.807) is 6.20 Å². The first-order chi connectivity index (χ1) is 15.0. The number of benzene rings is 1. The number of nitrogens with zero attached hydrogens (tertiary/aromatic N) is 3. The molecule has 1 fully saturated rings. The molecule has 3 aromatic rings. The number of piperidine rings is 1. The third kappa shape index (κ3) is 5.02. The molecule has 0 spiro atoms. The van der Waals surface area contributed by atoms with Crippen LogP contribution in [-0.4, -0.2) is 51.1 Å². The molecule has 3 heterocycles. The fourth-order valence-electron chi connectivity index (χ4n) is 3.73. The molecule has 8 heteroatoms. The molecule has 0 bridgehead atoms. The van der Waals surface area contributed by atoms with Crippen molar-refractivity contribution in [2.45, 2.75) is 37.9 Å². The maximum absolute atomic E-state index is 12.8. The second-order valence-corrected chi connectivity index (χ2v) is 9.45. The van der Waals surface area contributed by atoms with Crippen LogP contribution in [0.3, 0.4) is 0 Å². The van der Waals surface area contributed by atoms with Crippen LogP contribution in [0.5, 0.6) is 0 Å². The van der Waals surface area contributed by atoms with Gasteiger partial charge in [-0.25, -0.2) is 4.98 Å². The van der Waals surface area contributed by atoms with Gasteiger partial charge in [-0.15, -0.1) is 0 Å². The van der Waals surface area contributed by atoms with Crippen molar-refractivity contribution in [3.8, 4) is 5.69 Å². The number of amides is 2. The van der Waals surface area contributed by atoms with Gasteiger partial charge in [0.05, 0.1) is 11.4 Å². The molecule has 0 unspecified atom stereocenters. The fourth-order valence-corrected chi connectivity index (χ4v) is 5.23. The van der Waals surface area contributed by atoms with Crippen molar-refractivity contribution in [3.05, 3.63) is 64.1 Å². The summed E-state index contributed by atoms with van der Waals surface area (Å²) in [5.74, 6) is 0.441. The van der Waals surface area contributed by atoms with Crippen LogP contribution in [0.15, 0.2) is 52.6 Å². The normalized spacial score (nSPS) is 14.6. The Morgan fingerprint density at radius 1 is 1.23 bits per heavy atom. The Morgan fingerprint density at radius 3 is 2.77 bits per heavy atom. The van der Waals surface area contributed by atoms with Gasteiger partial charge >= 0.3 is 0 Å². The Balaban J connectivity index is 1.29. The number of aryl methyl sites for hydroxylation is 1. The Morgan fingerprint density at radius 2 is 2.03 bits per heavy atom. The van der Waals surface area contributed by atoms with E-state index in [1.165, 1.54) is 34.2 Å². The summed E-state index contributed by atoms with van der Waals surface area (Å²) in [7, 11) is 0. The Bertz CT molecular complexity index is 1050. The monoisotopic (exact) mass is 454 g/mol. The Labute approximate surface area is 190 Å². The summed E-state index contributed by atoms with van der Waals surface area (Å²) in [6.45, 7) is 5.53. The molecule has 1 aromatic carbocycles. The van der Waals surface area contributed by atoms with Gasteiger partial charge in [-0.3, -0.25) is 14.2 Å². The molecule has 2 amide bonds. The van der Waals surface area contributed by atoms with E-state index in [1.807, 2.05) is 38.6 Å². The van der Waals surface area contributed by atoms with Crippen LogP contribution in [0.25, 0.3) is 5.69 Å². The highest BCUT2D eigenvalue weighted by atomic mass is 32.2. The molecule has 0 atom stereocenters. The number of thiophene rings is 1. The summed E-state index contributed by atoms with van der Waals surface area (Å²) in [5.41, 5.74) is 4.24. The molecule has 31 heavy (non-hydrogen) atoms. The van der Waals surface area contributed by atoms with E-state index in [4.69, 9.17) is 0 Å². The highest BCUT2D eigenvalue weighted by molar-refractivity contribution is 7.99. The topological polar surface area (TPSA) is 67.2 Å². The maximum Gasteiger partial charge on any atom is 0.252 e. The van der Waals surface area contributed by atoms with Crippen molar-refractivity contribution in [3.63, 3.8) is 0 Å². The Kier molecular flexibility index (Phi) is 6.77. The molecule has 6 nitrogen and oxygen atoms in total. The summed E-state index contributed by atoms with van der Waals surface area (Å²) < 4.78 is 2.05. The van der Waals surface area contributed by atoms with E-state index < -0.39 is 0 Å². The molecule has 0 aliphatic carbocycles. The lowest BCUT2D eigenvalue weighted by molar-refractivity contribution is -0.129. The van der Waals surface area contributed by atoms with Crippen LogP contribution >= 0.6 is 23.1 Å². The van der Waals surface area contributed by atoms with E-state index in [0.29, 0.717) is 24.4 Å². The van der Waals surface area contributed by atoms with Gasteiger partial charge in [0.2, 0.25) is 5.91 Å². The van der Waals surface area contributed by atoms with Crippen molar-refractivity contribution in [1.29, 1.82) is 0 Å². The average molecular weight is 455 g/mol. The largest absolute Gasteiger partial charge is 0.349 e. The summed E-state index contributed by atoms with van der Waals surface area (Å²) in [4.78, 5) is 31.3. The number of nitrogens with one attached hydrogen (secondary N) is 1. The molecule has 1 aliphatic heterocycles. The number of carbonyl (C=O) groups excluding carboxylic acids is 2. The molecule has 162 valence electrons. The zero-order chi connectivity index (χ0) is 21.8. The molecular weight excluding hydrogens is 428 g/mol. The van der Waals surface area contributed by atoms with E-state index in [2.05, 4.69) is 36.3 Å². The summed E-state index contributed by atoms with van der Waals surface area (Å²) in [6, 6.07) is 8.16. The van der Waals surface area contributed by atoms with Crippen LogP contribution in [0, 0.1) is 13.8 Å². The number of rotatable bonds is 6. The van der Waals surface area contributed by atoms with E-state index in [0.717, 1.165) is 23.7 Å². The van der Waals surface area contributed by atoms with Gasteiger partial charge in [0, 0.05) is 42.5 Å². The molecule has 0 radical (unpaired) electrons. The number of aromatic nitrogens is 2. The van der Waals surface area contributed by atoms with Crippen molar-refractivity contribution < 1.29 is 9.59 Å². The number of hydrogen-bond acceptors (Lipinski definition) is 5. The van der Waals surface area contributed by atoms with Gasteiger partial charge in [0.15, 0.2) is 5.16 Å². The smallest absolute Gasteiger partial charge is 0.252 e. The van der Waals surface area contributed by atoms with Crippen LogP contribution in [0.1, 0.15) is 34.3 Å². The Hall–Kier alpha value is -2.58. The van der Waals surface area contributed by atoms with Gasteiger partial charge in [-0.2, -0.15) is 11.3 Å². The van der Waals surface area contributed by atoms with Crippen LogP contribution in [0.2, 0.25) is 0 Å². The summed E-state index contributed by atoms with van der Waals surface area (Å²) in [6.07, 6.45) is 5.28. The van der Waals surface area contributed by atoms with E-state index in [-0.39, 0.29) is 17.9 Å². The van der Waals surface area contributed by atoms with Crippen LogP contribution < -0.4 is 5.32 Å². The molecule has 2 aromatic heterocycles. The minimum atomic E-state index is -0.0279. The third-order valence-corrected chi connectivity index (χ3v) is 7.37. The number of hydrogen-bond donors (Lipinski definition) is 1. The predicted molar refractivity (Wildman–Crippen MR) is 125 cm³/mol. The van der Waals surface area contributed by atoms with Gasteiger partial charge in [0.1, 0.15) is 0 Å². The van der Waals surface area contributed by atoms with Crippen LogP contribution in [-0.2, 0) is 4.79 Å². The predicted octanol–water partition coefficient (Wildman–Crippen LogP) is 4.06. The molecular formula is C23H26N4O2S2. The van der Waals surface area contributed by atoms with Gasteiger partial charge < -0.3 is 10.2 Å². The molecule has 4 rings (SSSR count). The zero-order valence-corrected chi connectivity index (χ0v) is 19.3. The fraction of sp³-hybridized carbons (Fsp3) is 0.348. The lowest BCUT2D eigenvalue weighted by atomic mass is 10.0. The highest BCUT2D eigenvalue weighted by Gasteiger charge is 2.24. The maximum atomic E-state index is 12.8. The molecule has 0 saturated carbocycles. The summed E-state index contributed by atoms with van der Waals surface area (Å²) >= 11 is 2.98. The van der Waals surface area contributed by atoms with Gasteiger partial charge in [-0.1, -0.05) is 23.9 Å². The second-order valence-electron chi connectivity index (χ2n) is 7.73. The summed E-state index contributed by atoms with van der Waals surface area (Å²) in [5, 5.41) is 7.66. The van der Waals surface area contributed by atoms with Crippen LogP contribution in [0.4, 0.5) is 0 Å². The standard InChI is InChI=1S/C23H26N4O2S2/c1-16-4-3-5-20(17(16)2)27-12-9-24-23(27)31-15-21(28)26-10-6-19(7-11-26)25-22(29)18-8-13-30-14-18/h3-5,8-9,12-14,19H,6-7,10-11,15H2,1-2H3,(H,25,29). The molecule has 1 saturated heterocycles. The SMILES string of the molecule is Cc1cccc(-n2ccnc2SCC(=O)N2CCC(NC(=O)c3ccsc3)CC2)c1C.